The highest BCUT2D eigenvalue weighted by Crippen LogP contribution is 2.37. The van der Waals surface area contributed by atoms with Crippen LogP contribution >= 0.6 is 15.9 Å². The van der Waals surface area contributed by atoms with Gasteiger partial charge in [0.2, 0.25) is 0 Å². The molecule has 0 bridgehead atoms. The molecular weight excluding hydrogens is 264 g/mol. The van der Waals surface area contributed by atoms with Crippen LogP contribution < -0.4 is 0 Å². The van der Waals surface area contributed by atoms with Crippen molar-refractivity contribution in [2.45, 2.75) is 18.3 Å². The molecule has 1 aliphatic rings. The van der Waals surface area contributed by atoms with E-state index in [0.29, 0.717) is 36.5 Å². The van der Waals surface area contributed by atoms with Crippen molar-refractivity contribution in [2.24, 2.45) is 0 Å². The van der Waals surface area contributed by atoms with Crippen LogP contribution in [0.1, 0.15) is 18.6 Å². The lowest BCUT2D eigenvalue weighted by atomic mass is 9.78. The first kappa shape index (κ1) is 10.7. The molecule has 0 spiro atoms. The van der Waals surface area contributed by atoms with Gasteiger partial charge in [-0.2, -0.15) is 0 Å². The largest absolute Gasteiger partial charge is 0.480 e. The van der Waals surface area contributed by atoms with E-state index in [1.165, 1.54) is 0 Å². The van der Waals surface area contributed by atoms with E-state index in [4.69, 9.17) is 9.15 Å². The topological polar surface area (TPSA) is 59.7 Å². The molecule has 1 fully saturated rings. The van der Waals surface area contributed by atoms with Gasteiger partial charge in [-0.15, -0.1) is 0 Å². The fourth-order valence-electron chi connectivity index (χ4n) is 1.86. The minimum atomic E-state index is -0.912. The van der Waals surface area contributed by atoms with Gasteiger partial charge < -0.3 is 14.3 Å². The molecule has 1 N–H and O–H groups in total. The molecule has 0 saturated carbocycles. The van der Waals surface area contributed by atoms with Crippen LogP contribution in [-0.2, 0) is 14.9 Å². The van der Waals surface area contributed by atoms with Crippen LogP contribution in [0.5, 0.6) is 0 Å². The maximum Gasteiger partial charge on any atom is 0.317 e. The molecule has 0 aromatic carbocycles. The third-order valence-corrected chi connectivity index (χ3v) is 3.23. The third-order valence-electron chi connectivity index (χ3n) is 2.80. The zero-order valence-electron chi connectivity index (χ0n) is 8.03. The summed E-state index contributed by atoms with van der Waals surface area (Å²) in [6.45, 7) is 0.926. The van der Waals surface area contributed by atoms with E-state index in [2.05, 4.69) is 15.9 Å². The van der Waals surface area contributed by atoms with E-state index in [9.17, 15) is 9.90 Å². The lowest BCUT2D eigenvalue weighted by Crippen LogP contribution is -2.40. The van der Waals surface area contributed by atoms with Crippen LogP contribution in [0.2, 0.25) is 0 Å². The molecule has 1 aromatic heterocycles. The highest BCUT2D eigenvalue weighted by molar-refractivity contribution is 9.10. The van der Waals surface area contributed by atoms with Crippen molar-refractivity contribution in [1.82, 2.24) is 0 Å². The van der Waals surface area contributed by atoms with E-state index in [1.54, 1.807) is 12.1 Å². The SMILES string of the molecule is O=C(O)C1(c2ccc(Br)o2)CCOCC1. The Bertz CT molecular complexity index is 365. The van der Waals surface area contributed by atoms with Gasteiger partial charge in [-0.05, 0) is 40.9 Å². The molecular formula is C10H11BrO4. The minimum absolute atomic E-state index is 0.461. The number of hydrogen-bond donors (Lipinski definition) is 1. The van der Waals surface area contributed by atoms with Crippen molar-refractivity contribution >= 4 is 21.9 Å². The van der Waals surface area contributed by atoms with Gasteiger partial charge in [0.05, 0.1) is 0 Å². The highest BCUT2D eigenvalue weighted by Gasteiger charge is 2.44. The first-order chi connectivity index (χ1) is 7.15. The predicted octanol–water partition coefficient (Wildman–Crippen LogP) is 2.17. The number of carboxylic acid groups (broad SMARTS) is 1. The Hall–Kier alpha value is -0.810. The molecule has 4 nitrogen and oxygen atoms in total. The van der Waals surface area contributed by atoms with Gasteiger partial charge in [0, 0.05) is 13.2 Å². The van der Waals surface area contributed by atoms with Crippen LogP contribution in [0.15, 0.2) is 21.2 Å². The van der Waals surface area contributed by atoms with Gasteiger partial charge in [0.25, 0.3) is 0 Å². The Morgan fingerprint density at radius 1 is 1.40 bits per heavy atom. The van der Waals surface area contributed by atoms with Crippen molar-refractivity contribution in [2.75, 3.05) is 13.2 Å². The fraction of sp³-hybridized carbons (Fsp3) is 0.500. The Balaban J connectivity index is 2.37. The van der Waals surface area contributed by atoms with Crippen LogP contribution in [0, 0.1) is 0 Å². The van der Waals surface area contributed by atoms with E-state index < -0.39 is 11.4 Å². The first-order valence-electron chi connectivity index (χ1n) is 4.72. The van der Waals surface area contributed by atoms with Gasteiger partial charge >= 0.3 is 5.97 Å². The lowest BCUT2D eigenvalue weighted by Gasteiger charge is -2.30. The molecule has 2 rings (SSSR count). The van der Waals surface area contributed by atoms with Crippen molar-refractivity contribution in [3.63, 3.8) is 0 Å². The lowest BCUT2D eigenvalue weighted by molar-refractivity contribution is -0.148. The number of hydrogen-bond acceptors (Lipinski definition) is 3. The second kappa shape index (κ2) is 3.98. The molecule has 2 heterocycles. The van der Waals surface area contributed by atoms with E-state index in [0.717, 1.165) is 0 Å². The second-order valence-corrected chi connectivity index (χ2v) is 4.38. The van der Waals surface area contributed by atoms with E-state index in [-0.39, 0.29) is 0 Å². The summed E-state index contributed by atoms with van der Waals surface area (Å²) in [5.74, 6) is -0.335. The van der Waals surface area contributed by atoms with E-state index >= 15 is 0 Å². The number of ether oxygens (including phenoxy) is 1. The van der Waals surface area contributed by atoms with Crippen LogP contribution in [-0.4, -0.2) is 24.3 Å². The molecule has 15 heavy (non-hydrogen) atoms. The maximum atomic E-state index is 11.4. The van der Waals surface area contributed by atoms with Gasteiger partial charge in [-0.1, -0.05) is 0 Å². The smallest absolute Gasteiger partial charge is 0.317 e. The van der Waals surface area contributed by atoms with Crippen molar-refractivity contribution < 1.29 is 19.1 Å². The summed E-state index contributed by atoms with van der Waals surface area (Å²) in [4.78, 5) is 11.4. The predicted molar refractivity (Wildman–Crippen MR) is 55.8 cm³/mol. The standard InChI is InChI=1S/C10H11BrO4/c11-8-2-1-7(15-8)10(9(12)13)3-5-14-6-4-10/h1-2H,3-6H2,(H,12,13). The summed E-state index contributed by atoms with van der Waals surface area (Å²) in [6.07, 6.45) is 0.921. The molecule has 0 atom stereocenters. The van der Waals surface area contributed by atoms with Crippen LogP contribution in [0.25, 0.3) is 0 Å². The van der Waals surface area contributed by atoms with Gasteiger partial charge in [0.1, 0.15) is 11.2 Å². The monoisotopic (exact) mass is 274 g/mol. The number of aliphatic carboxylic acids is 1. The second-order valence-electron chi connectivity index (χ2n) is 3.60. The molecule has 1 saturated heterocycles. The zero-order chi connectivity index (χ0) is 10.9. The summed E-state index contributed by atoms with van der Waals surface area (Å²) in [7, 11) is 0. The Morgan fingerprint density at radius 2 is 2.07 bits per heavy atom. The molecule has 82 valence electrons. The normalized spacial score (nSPS) is 20.1. The van der Waals surface area contributed by atoms with Crippen LogP contribution in [0.3, 0.4) is 0 Å². The Labute approximate surface area is 95.3 Å². The number of carbonyl (C=O) groups is 1. The molecule has 1 aromatic rings. The zero-order valence-corrected chi connectivity index (χ0v) is 9.62. The summed E-state index contributed by atoms with van der Waals surface area (Å²) in [5, 5.41) is 9.32. The van der Waals surface area contributed by atoms with Crippen molar-refractivity contribution in [3.05, 3.63) is 22.6 Å². The molecule has 0 radical (unpaired) electrons. The average molecular weight is 275 g/mol. The number of halogens is 1. The Morgan fingerprint density at radius 3 is 2.53 bits per heavy atom. The molecule has 0 aliphatic carbocycles. The molecule has 1 aliphatic heterocycles. The number of carboxylic acids is 1. The molecule has 0 amide bonds. The summed E-state index contributed by atoms with van der Waals surface area (Å²) in [6, 6.07) is 3.43. The summed E-state index contributed by atoms with van der Waals surface area (Å²) < 4.78 is 11.1. The van der Waals surface area contributed by atoms with E-state index in [1.807, 2.05) is 0 Å². The third kappa shape index (κ3) is 1.81. The number of furan rings is 1. The molecule has 0 unspecified atom stereocenters. The van der Waals surface area contributed by atoms with Gasteiger partial charge in [-0.3, -0.25) is 4.79 Å². The van der Waals surface area contributed by atoms with Gasteiger partial charge in [-0.25, -0.2) is 0 Å². The summed E-state index contributed by atoms with van der Waals surface area (Å²) >= 11 is 3.18. The van der Waals surface area contributed by atoms with Gasteiger partial charge in [0.15, 0.2) is 4.67 Å². The fourth-order valence-corrected chi connectivity index (χ4v) is 2.16. The minimum Gasteiger partial charge on any atom is -0.480 e. The quantitative estimate of drug-likeness (QED) is 0.898. The summed E-state index contributed by atoms with van der Waals surface area (Å²) in [5.41, 5.74) is -0.912. The Kier molecular flexibility index (Phi) is 2.84. The average Bonchev–Trinajstić information content (AvgIpc) is 2.66. The van der Waals surface area contributed by atoms with Crippen molar-refractivity contribution in [1.29, 1.82) is 0 Å². The number of rotatable bonds is 2. The first-order valence-corrected chi connectivity index (χ1v) is 5.51. The van der Waals surface area contributed by atoms with Crippen molar-refractivity contribution in [3.8, 4) is 0 Å². The van der Waals surface area contributed by atoms with Crippen LogP contribution in [0.4, 0.5) is 0 Å². The molecule has 5 heteroatoms. The highest BCUT2D eigenvalue weighted by atomic mass is 79.9. The maximum absolute atomic E-state index is 11.4.